The van der Waals surface area contributed by atoms with E-state index in [9.17, 15) is 0 Å². The van der Waals surface area contributed by atoms with Crippen molar-refractivity contribution in [2.24, 2.45) is 4.99 Å². The van der Waals surface area contributed by atoms with Gasteiger partial charge in [0.2, 0.25) is 5.90 Å². The summed E-state index contributed by atoms with van der Waals surface area (Å²) in [5.41, 5.74) is 3.99. The lowest BCUT2D eigenvalue weighted by Crippen LogP contribution is -2.11. The Hall–Kier alpha value is -3.33. The molecule has 0 aromatic heterocycles. The van der Waals surface area contributed by atoms with Gasteiger partial charge >= 0.3 is 0 Å². The molecule has 0 N–H and O–H groups in total. The van der Waals surface area contributed by atoms with Crippen molar-refractivity contribution in [3.63, 3.8) is 0 Å². The Kier molecular flexibility index (Phi) is 6.64. The van der Waals surface area contributed by atoms with Crippen LogP contribution >= 0.6 is 0 Å². The fourth-order valence-electron chi connectivity index (χ4n) is 2.65. The Morgan fingerprint density at radius 1 is 0.893 bits per heavy atom. The zero-order valence-corrected chi connectivity index (χ0v) is 16.6. The molecule has 0 bridgehead atoms. The van der Waals surface area contributed by atoms with Crippen LogP contribution in [0, 0.1) is 6.92 Å². The fraction of sp³-hybridized carbons (Fsp3) is 0.160. The minimum absolute atomic E-state index is 0.507. The SMILES string of the molecule is CCc1cccc(OC(=Nc2ccccc2)/C(C)=C/Oc2cccc(C)c2)c1. The summed E-state index contributed by atoms with van der Waals surface area (Å²) in [5.74, 6) is 2.05. The van der Waals surface area contributed by atoms with Gasteiger partial charge < -0.3 is 9.47 Å². The molecule has 0 amide bonds. The number of para-hydroxylation sites is 1. The molecular weight excluding hydrogens is 346 g/mol. The Morgan fingerprint density at radius 3 is 2.39 bits per heavy atom. The molecule has 3 nitrogen and oxygen atoms in total. The van der Waals surface area contributed by atoms with E-state index in [1.807, 2.05) is 86.6 Å². The van der Waals surface area contributed by atoms with E-state index in [1.165, 1.54) is 5.56 Å². The van der Waals surface area contributed by atoms with Gasteiger partial charge in [0.15, 0.2) is 0 Å². The molecule has 0 atom stereocenters. The molecule has 0 radical (unpaired) electrons. The molecule has 142 valence electrons. The zero-order chi connectivity index (χ0) is 19.8. The lowest BCUT2D eigenvalue weighted by atomic mass is 10.2. The molecule has 0 unspecified atom stereocenters. The van der Waals surface area contributed by atoms with Gasteiger partial charge in [-0.2, -0.15) is 0 Å². The number of benzene rings is 3. The first-order valence-electron chi connectivity index (χ1n) is 9.45. The summed E-state index contributed by atoms with van der Waals surface area (Å²) in [6.07, 6.45) is 2.63. The maximum Gasteiger partial charge on any atom is 0.225 e. The molecule has 28 heavy (non-hydrogen) atoms. The quantitative estimate of drug-likeness (QED) is 0.276. The van der Waals surface area contributed by atoms with Crippen molar-refractivity contribution < 1.29 is 9.47 Å². The first-order chi connectivity index (χ1) is 13.6. The maximum atomic E-state index is 6.14. The summed E-state index contributed by atoms with van der Waals surface area (Å²) in [6.45, 7) is 6.09. The van der Waals surface area contributed by atoms with Gasteiger partial charge in [0.25, 0.3) is 0 Å². The van der Waals surface area contributed by atoms with E-state index in [2.05, 4.69) is 18.0 Å². The minimum Gasteiger partial charge on any atom is -0.465 e. The third-order valence-electron chi connectivity index (χ3n) is 4.21. The molecule has 0 aliphatic carbocycles. The van der Waals surface area contributed by atoms with Crippen LogP contribution in [0.3, 0.4) is 0 Å². The summed E-state index contributed by atoms with van der Waals surface area (Å²) in [6, 6.07) is 25.8. The van der Waals surface area contributed by atoms with Crippen LogP contribution in [0.15, 0.2) is 95.7 Å². The second-order valence-electron chi connectivity index (χ2n) is 6.59. The molecule has 0 aliphatic heterocycles. The van der Waals surface area contributed by atoms with Crippen molar-refractivity contribution in [3.8, 4) is 11.5 Å². The summed E-state index contributed by atoms with van der Waals surface area (Å²) < 4.78 is 12.0. The number of hydrogen-bond donors (Lipinski definition) is 0. The largest absolute Gasteiger partial charge is 0.465 e. The predicted octanol–water partition coefficient (Wildman–Crippen LogP) is 6.65. The van der Waals surface area contributed by atoms with Gasteiger partial charge in [-0.1, -0.05) is 49.4 Å². The zero-order valence-electron chi connectivity index (χ0n) is 16.6. The van der Waals surface area contributed by atoms with Gasteiger partial charge in [0.1, 0.15) is 11.5 Å². The molecule has 0 aliphatic rings. The second kappa shape index (κ2) is 9.56. The number of aliphatic imine (C=N–C) groups is 1. The number of rotatable bonds is 6. The molecule has 3 aromatic carbocycles. The number of ether oxygens (including phenoxy) is 2. The second-order valence-corrected chi connectivity index (χ2v) is 6.59. The third kappa shape index (κ3) is 5.58. The van der Waals surface area contributed by atoms with Crippen molar-refractivity contribution in [1.82, 2.24) is 0 Å². The first kappa shape index (κ1) is 19.4. The maximum absolute atomic E-state index is 6.14. The molecule has 3 aromatic rings. The smallest absolute Gasteiger partial charge is 0.225 e. The molecule has 3 rings (SSSR count). The lowest BCUT2D eigenvalue weighted by Gasteiger charge is -2.11. The fourth-order valence-corrected chi connectivity index (χ4v) is 2.65. The minimum atomic E-state index is 0.507. The van der Waals surface area contributed by atoms with Gasteiger partial charge in [-0.3, -0.25) is 0 Å². The summed E-state index contributed by atoms with van der Waals surface area (Å²) >= 11 is 0. The highest BCUT2D eigenvalue weighted by Crippen LogP contribution is 2.20. The normalized spacial score (nSPS) is 12.0. The highest BCUT2D eigenvalue weighted by molar-refractivity contribution is 5.96. The predicted molar refractivity (Wildman–Crippen MR) is 116 cm³/mol. The van der Waals surface area contributed by atoms with Crippen LogP contribution < -0.4 is 9.47 Å². The van der Waals surface area contributed by atoms with Crippen LogP contribution in [0.5, 0.6) is 11.5 Å². The van der Waals surface area contributed by atoms with Crippen LogP contribution in [0.1, 0.15) is 25.0 Å². The van der Waals surface area contributed by atoms with Gasteiger partial charge in [-0.15, -0.1) is 0 Å². The van der Waals surface area contributed by atoms with Gasteiger partial charge in [-0.25, -0.2) is 4.99 Å². The monoisotopic (exact) mass is 371 g/mol. The van der Waals surface area contributed by atoms with Crippen LogP contribution in [0.2, 0.25) is 0 Å². The van der Waals surface area contributed by atoms with Crippen LogP contribution in [0.4, 0.5) is 5.69 Å². The summed E-state index contributed by atoms with van der Waals surface area (Å²) in [7, 11) is 0. The van der Waals surface area contributed by atoms with E-state index in [-0.39, 0.29) is 0 Å². The Bertz CT molecular complexity index is 975. The number of aryl methyl sites for hydroxylation is 2. The van der Waals surface area contributed by atoms with Crippen LogP contribution in [-0.2, 0) is 6.42 Å². The lowest BCUT2D eigenvalue weighted by molar-refractivity contribution is 0.473. The molecule has 3 heteroatoms. The van der Waals surface area contributed by atoms with Crippen LogP contribution in [-0.4, -0.2) is 5.90 Å². The van der Waals surface area contributed by atoms with E-state index < -0.39 is 0 Å². The van der Waals surface area contributed by atoms with E-state index in [1.54, 1.807) is 6.26 Å². The molecular formula is C25H25NO2. The average Bonchev–Trinajstić information content (AvgIpc) is 2.72. The van der Waals surface area contributed by atoms with E-state index in [0.717, 1.165) is 34.7 Å². The van der Waals surface area contributed by atoms with Crippen molar-refractivity contribution in [2.45, 2.75) is 27.2 Å². The van der Waals surface area contributed by atoms with Gasteiger partial charge in [0, 0.05) is 5.57 Å². The topological polar surface area (TPSA) is 30.8 Å². The molecule has 0 saturated heterocycles. The van der Waals surface area contributed by atoms with Crippen molar-refractivity contribution in [3.05, 3.63) is 102 Å². The standard InChI is InChI=1S/C25H25NO2/c1-4-21-11-9-15-24(17-21)28-25(26-22-12-6-5-7-13-22)20(3)18-27-23-14-8-10-19(2)16-23/h5-18H,4H2,1-3H3/b20-18+,26-25?. The van der Waals surface area contributed by atoms with Crippen molar-refractivity contribution in [1.29, 1.82) is 0 Å². The molecule has 0 saturated carbocycles. The highest BCUT2D eigenvalue weighted by Gasteiger charge is 2.08. The highest BCUT2D eigenvalue weighted by atomic mass is 16.5. The van der Waals surface area contributed by atoms with Gasteiger partial charge in [-0.05, 0) is 67.8 Å². The summed E-state index contributed by atoms with van der Waals surface area (Å²) in [4.78, 5) is 4.69. The molecule has 0 heterocycles. The number of nitrogens with zero attached hydrogens (tertiary/aromatic N) is 1. The Morgan fingerprint density at radius 2 is 1.64 bits per heavy atom. The number of hydrogen-bond acceptors (Lipinski definition) is 3. The van der Waals surface area contributed by atoms with Crippen molar-refractivity contribution >= 4 is 11.6 Å². The average molecular weight is 371 g/mol. The van der Waals surface area contributed by atoms with Gasteiger partial charge in [0.05, 0.1) is 11.9 Å². The molecule has 0 spiro atoms. The van der Waals surface area contributed by atoms with E-state index in [0.29, 0.717) is 5.90 Å². The molecule has 0 fully saturated rings. The Balaban J connectivity index is 1.88. The Labute approximate surface area is 167 Å². The van der Waals surface area contributed by atoms with Crippen molar-refractivity contribution in [2.75, 3.05) is 0 Å². The van der Waals surface area contributed by atoms with E-state index in [4.69, 9.17) is 9.47 Å². The third-order valence-corrected chi connectivity index (χ3v) is 4.21. The van der Waals surface area contributed by atoms with E-state index >= 15 is 0 Å². The van der Waals surface area contributed by atoms with Crippen LogP contribution in [0.25, 0.3) is 0 Å². The summed E-state index contributed by atoms with van der Waals surface area (Å²) in [5, 5.41) is 0. The first-order valence-corrected chi connectivity index (χ1v) is 9.45.